The highest BCUT2D eigenvalue weighted by atomic mass is 35.5. The van der Waals surface area contributed by atoms with Crippen LogP contribution in [0.2, 0.25) is 0 Å². The number of amides is 2. The SMILES string of the molecule is Cn1ncc(=O)nc1SCC1=C(C(=O)O)N2C(=O)C(NC(=O)C(=CCl)c3csc(N)n3)[C@@H]2SC1. The van der Waals surface area contributed by atoms with Crippen molar-refractivity contribution in [2.45, 2.75) is 16.6 Å². The molecule has 0 spiro atoms. The number of nitrogens with one attached hydrogen (secondary N) is 1. The van der Waals surface area contributed by atoms with Crippen molar-refractivity contribution in [1.82, 2.24) is 30.0 Å². The zero-order chi connectivity index (χ0) is 24.6. The van der Waals surface area contributed by atoms with E-state index in [1.807, 2.05) is 0 Å². The van der Waals surface area contributed by atoms with Crippen LogP contribution in [0, 0.1) is 0 Å². The number of aryl methyl sites for hydroxylation is 1. The van der Waals surface area contributed by atoms with E-state index in [1.54, 1.807) is 12.4 Å². The van der Waals surface area contributed by atoms with E-state index in [0.29, 0.717) is 16.5 Å². The second kappa shape index (κ2) is 9.77. The van der Waals surface area contributed by atoms with Gasteiger partial charge in [0.15, 0.2) is 10.3 Å². The number of carboxylic acid groups (broad SMARTS) is 1. The molecule has 2 aliphatic rings. The van der Waals surface area contributed by atoms with Crippen LogP contribution < -0.4 is 16.6 Å². The molecule has 4 rings (SSSR count). The molecule has 178 valence electrons. The Hall–Kier alpha value is -2.88. The molecule has 1 fully saturated rings. The van der Waals surface area contributed by atoms with Crippen LogP contribution in [0.1, 0.15) is 5.69 Å². The van der Waals surface area contributed by atoms with E-state index >= 15 is 0 Å². The van der Waals surface area contributed by atoms with Gasteiger partial charge in [-0.3, -0.25) is 19.3 Å². The fourth-order valence-corrected chi connectivity index (χ4v) is 6.48. The first-order valence-corrected chi connectivity index (χ1v) is 12.8. The Kier molecular flexibility index (Phi) is 6.97. The lowest BCUT2D eigenvalue weighted by molar-refractivity contribution is -0.150. The van der Waals surface area contributed by atoms with E-state index in [0.717, 1.165) is 39.7 Å². The number of nitrogen functional groups attached to an aromatic ring is 1. The van der Waals surface area contributed by atoms with Crippen molar-refractivity contribution in [3.05, 3.63) is 44.4 Å². The smallest absolute Gasteiger partial charge is 0.352 e. The van der Waals surface area contributed by atoms with Gasteiger partial charge in [-0.05, 0) is 5.57 Å². The van der Waals surface area contributed by atoms with E-state index in [9.17, 15) is 24.3 Å². The first-order chi connectivity index (χ1) is 16.2. The molecular formula is C18H16ClN7O5S3. The minimum absolute atomic E-state index is 0.0438. The third kappa shape index (κ3) is 4.55. The van der Waals surface area contributed by atoms with Crippen LogP contribution in [0.4, 0.5) is 5.13 Å². The average molecular weight is 542 g/mol. The van der Waals surface area contributed by atoms with Gasteiger partial charge in [-0.2, -0.15) is 10.1 Å². The van der Waals surface area contributed by atoms with Crippen molar-refractivity contribution in [3.8, 4) is 0 Å². The number of β-lactam (4-membered cyclic amide) rings is 1. The molecule has 16 heteroatoms. The summed E-state index contributed by atoms with van der Waals surface area (Å²) >= 11 is 9.40. The lowest BCUT2D eigenvalue weighted by Gasteiger charge is -2.49. The number of hydrogen-bond donors (Lipinski definition) is 3. The van der Waals surface area contributed by atoms with E-state index in [2.05, 4.69) is 20.4 Å². The molecule has 2 aromatic rings. The summed E-state index contributed by atoms with van der Waals surface area (Å²) in [6, 6.07) is -0.926. The predicted molar refractivity (Wildman–Crippen MR) is 128 cm³/mol. The first kappa shape index (κ1) is 24.3. The van der Waals surface area contributed by atoms with Crippen molar-refractivity contribution >= 4 is 74.9 Å². The van der Waals surface area contributed by atoms with Crippen LogP contribution >= 0.6 is 46.5 Å². The highest BCUT2D eigenvalue weighted by molar-refractivity contribution is 8.01. The Labute approximate surface area is 209 Å². The molecule has 0 aromatic carbocycles. The van der Waals surface area contributed by atoms with Gasteiger partial charge >= 0.3 is 5.97 Å². The Balaban J connectivity index is 1.50. The number of aliphatic carboxylic acids is 1. The van der Waals surface area contributed by atoms with E-state index in [-0.39, 0.29) is 27.8 Å². The molecule has 2 aromatic heterocycles. The molecule has 2 amide bonds. The molecule has 0 saturated carbocycles. The number of rotatable bonds is 7. The second-order valence-electron chi connectivity index (χ2n) is 7.00. The zero-order valence-electron chi connectivity index (χ0n) is 17.3. The van der Waals surface area contributed by atoms with Gasteiger partial charge in [0.25, 0.3) is 17.4 Å². The number of nitrogens with zero attached hydrogens (tertiary/aromatic N) is 5. The number of carbonyl (C=O) groups excluding carboxylic acids is 2. The van der Waals surface area contributed by atoms with Gasteiger partial charge in [-0.15, -0.1) is 23.1 Å². The Morgan fingerprint density at radius 2 is 2.18 bits per heavy atom. The summed E-state index contributed by atoms with van der Waals surface area (Å²) in [6.45, 7) is 0. The minimum atomic E-state index is -1.26. The molecule has 1 unspecified atom stereocenters. The molecule has 12 nitrogen and oxygen atoms in total. The summed E-state index contributed by atoms with van der Waals surface area (Å²) < 4.78 is 1.41. The normalized spacial score (nSPS) is 20.1. The largest absolute Gasteiger partial charge is 0.477 e. The van der Waals surface area contributed by atoms with Crippen LogP contribution in [0.15, 0.2) is 38.3 Å². The zero-order valence-corrected chi connectivity index (χ0v) is 20.5. The fraction of sp³-hybridized carbons (Fsp3) is 0.278. The summed E-state index contributed by atoms with van der Waals surface area (Å²) in [7, 11) is 1.61. The van der Waals surface area contributed by atoms with Crippen LogP contribution in [0.5, 0.6) is 0 Å². The molecule has 0 radical (unpaired) electrons. The maximum atomic E-state index is 12.9. The second-order valence-corrected chi connectivity index (χ2v) is 10.2. The summed E-state index contributed by atoms with van der Waals surface area (Å²) in [5, 5.41) is 17.9. The molecular weight excluding hydrogens is 526 g/mol. The number of fused-ring (bicyclic) bond motifs is 1. The Morgan fingerprint density at radius 1 is 1.41 bits per heavy atom. The molecule has 4 heterocycles. The highest BCUT2D eigenvalue weighted by Gasteiger charge is 2.54. The number of anilines is 1. The van der Waals surface area contributed by atoms with E-state index in [1.165, 1.54) is 16.4 Å². The predicted octanol–water partition coefficient (Wildman–Crippen LogP) is 0.325. The molecule has 1 saturated heterocycles. The summed E-state index contributed by atoms with van der Waals surface area (Å²) in [6.07, 6.45) is 1.08. The van der Waals surface area contributed by atoms with Gasteiger partial charge in [-0.1, -0.05) is 23.4 Å². The minimum Gasteiger partial charge on any atom is -0.477 e. The number of aromatic nitrogens is 4. The molecule has 2 aliphatic heterocycles. The lowest BCUT2D eigenvalue weighted by atomic mass is 10.0. The molecule has 4 N–H and O–H groups in total. The van der Waals surface area contributed by atoms with Gasteiger partial charge in [0.2, 0.25) is 0 Å². The maximum absolute atomic E-state index is 12.9. The summed E-state index contributed by atoms with van der Waals surface area (Å²) in [5.74, 6) is -1.93. The highest BCUT2D eigenvalue weighted by Crippen LogP contribution is 2.41. The van der Waals surface area contributed by atoms with E-state index < -0.39 is 34.8 Å². The summed E-state index contributed by atoms with van der Waals surface area (Å²) in [4.78, 5) is 58.1. The Bertz CT molecular complexity index is 1310. The quantitative estimate of drug-likeness (QED) is 0.250. The molecule has 0 aliphatic carbocycles. The van der Waals surface area contributed by atoms with Gasteiger partial charge in [0.05, 0.1) is 11.3 Å². The van der Waals surface area contributed by atoms with Crippen molar-refractivity contribution in [2.24, 2.45) is 7.05 Å². The van der Waals surface area contributed by atoms with Crippen molar-refractivity contribution in [3.63, 3.8) is 0 Å². The number of carbonyl (C=O) groups is 3. The van der Waals surface area contributed by atoms with E-state index in [4.69, 9.17) is 17.3 Å². The van der Waals surface area contributed by atoms with Crippen LogP contribution in [-0.2, 0) is 21.4 Å². The van der Waals surface area contributed by atoms with Gasteiger partial charge in [0.1, 0.15) is 23.3 Å². The van der Waals surface area contributed by atoms with Crippen molar-refractivity contribution < 1.29 is 19.5 Å². The fourth-order valence-electron chi connectivity index (χ4n) is 3.30. The number of thiazole rings is 1. The van der Waals surface area contributed by atoms with Crippen molar-refractivity contribution in [2.75, 3.05) is 17.2 Å². The third-order valence-electron chi connectivity index (χ3n) is 4.89. The van der Waals surface area contributed by atoms with Gasteiger partial charge in [0, 0.05) is 29.5 Å². The van der Waals surface area contributed by atoms with Crippen LogP contribution in [-0.4, -0.2) is 70.5 Å². The van der Waals surface area contributed by atoms with Crippen LogP contribution in [0.3, 0.4) is 0 Å². The lowest BCUT2D eigenvalue weighted by Crippen LogP contribution is -2.70. The number of hydrogen-bond acceptors (Lipinski definition) is 11. The maximum Gasteiger partial charge on any atom is 0.352 e. The molecule has 34 heavy (non-hydrogen) atoms. The monoisotopic (exact) mass is 541 g/mol. The Morgan fingerprint density at radius 3 is 2.82 bits per heavy atom. The summed E-state index contributed by atoms with van der Waals surface area (Å²) in [5.41, 5.74) is 6.83. The average Bonchev–Trinajstić information content (AvgIpc) is 3.23. The third-order valence-corrected chi connectivity index (χ3v) is 8.23. The number of carboxylic acids is 1. The number of halogens is 1. The topological polar surface area (TPSA) is 173 Å². The first-order valence-electron chi connectivity index (χ1n) is 9.47. The molecule has 2 atom stereocenters. The van der Waals surface area contributed by atoms with Gasteiger partial charge < -0.3 is 16.2 Å². The van der Waals surface area contributed by atoms with Crippen molar-refractivity contribution in [1.29, 1.82) is 0 Å². The number of thioether (sulfide) groups is 2. The van der Waals surface area contributed by atoms with Gasteiger partial charge in [-0.25, -0.2) is 14.5 Å². The molecule has 0 bridgehead atoms. The van der Waals surface area contributed by atoms with Crippen LogP contribution in [0.25, 0.3) is 5.57 Å². The number of nitrogens with two attached hydrogens (primary N) is 1. The standard InChI is InChI=1S/C18H16ClN7O5S3/c1-25-18(23-10(27)3-21-25)34-5-7-4-32-15-11(14(29)26(15)12(7)16(30)31)24-13(28)8(2-19)9-6-33-17(20)22-9/h2-3,6,11,15H,4-5H2,1H3,(H2,20,22)(H,24,28)(H,30,31)/t11?,15-/m0/s1.